The van der Waals surface area contributed by atoms with Gasteiger partial charge in [0.05, 0.1) is 16.9 Å². The van der Waals surface area contributed by atoms with Crippen LogP contribution in [0.1, 0.15) is 36.8 Å². The smallest absolute Gasteiger partial charge is 0.310 e. The lowest BCUT2D eigenvalue weighted by molar-refractivity contribution is 0.184. The average Bonchev–Trinajstić information content (AvgIpc) is 2.84. The maximum Gasteiger partial charge on any atom is 0.322 e. The topological polar surface area (TPSA) is 67.2 Å². The van der Waals surface area contributed by atoms with Crippen LogP contribution in [-0.2, 0) is 13.1 Å². The molecule has 0 bridgehead atoms. The van der Waals surface area contributed by atoms with E-state index < -0.39 is 6.04 Å². The summed E-state index contributed by atoms with van der Waals surface area (Å²) < 4.78 is 1.61. The molecule has 174 valence electrons. The third-order valence-corrected chi connectivity index (χ3v) is 6.18. The number of halogens is 1. The van der Waals surface area contributed by atoms with Crippen LogP contribution >= 0.6 is 11.6 Å². The van der Waals surface area contributed by atoms with Crippen LogP contribution in [0.3, 0.4) is 0 Å². The van der Waals surface area contributed by atoms with E-state index in [1.807, 2.05) is 75.4 Å². The molecule has 34 heavy (non-hydrogen) atoms. The van der Waals surface area contributed by atoms with Crippen LogP contribution in [0.2, 0.25) is 5.02 Å². The van der Waals surface area contributed by atoms with Crippen molar-refractivity contribution < 1.29 is 4.79 Å². The van der Waals surface area contributed by atoms with Crippen molar-refractivity contribution in [3.05, 3.63) is 105 Å². The van der Waals surface area contributed by atoms with E-state index in [2.05, 4.69) is 5.32 Å². The first-order valence-corrected chi connectivity index (χ1v) is 11.6. The van der Waals surface area contributed by atoms with Crippen molar-refractivity contribution in [1.82, 2.24) is 14.5 Å². The number of carbonyl (C=O) groups is 1. The lowest BCUT2D eigenvalue weighted by Crippen LogP contribution is -2.39. The molecule has 0 saturated carbocycles. The fraction of sp³-hybridized carbons (Fsp3) is 0.222. The van der Waals surface area contributed by atoms with Gasteiger partial charge in [-0.05, 0) is 56.2 Å². The number of aryl methyl sites for hydroxylation is 1. The van der Waals surface area contributed by atoms with E-state index in [-0.39, 0.29) is 11.6 Å². The predicted molar refractivity (Wildman–Crippen MR) is 137 cm³/mol. The van der Waals surface area contributed by atoms with E-state index in [1.165, 1.54) is 0 Å². The van der Waals surface area contributed by atoms with E-state index >= 15 is 0 Å². The molecule has 0 radical (unpaired) electrons. The second-order valence-electron chi connectivity index (χ2n) is 8.22. The first-order valence-electron chi connectivity index (χ1n) is 11.3. The van der Waals surface area contributed by atoms with Crippen molar-refractivity contribution in [3.8, 4) is 0 Å². The van der Waals surface area contributed by atoms with Gasteiger partial charge in [-0.1, -0.05) is 60.1 Å². The zero-order chi connectivity index (χ0) is 24.2. The minimum atomic E-state index is -0.475. The number of hydrogen-bond acceptors (Lipinski definition) is 3. The Bertz CT molecular complexity index is 1380. The molecule has 1 unspecified atom stereocenters. The second-order valence-corrected chi connectivity index (χ2v) is 8.65. The quantitative estimate of drug-likeness (QED) is 0.363. The van der Waals surface area contributed by atoms with E-state index in [1.54, 1.807) is 27.7 Å². The van der Waals surface area contributed by atoms with E-state index in [0.717, 1.165) is 16.8 Å². The number of nitrogens with one attached hydrogen (secondary N) is 1. The number of fused-ring (bicyclic) bond motifs is 1. The minimum absolute atomic E-state index is 0.171. The lowest BCUT2D eigenvalue weighted by atomic mass is 10.1. The second kappa shape index (κ2) is 10.1. The summed E-state index contributed by atoms with van der Waals surface area (Å²) in [6.45, 7) is 6.52. The molecule has 1 heterocycles. The summed E-state index contributed by atoms with van der Waals surface area (Å²) in [5, 5.41) is 3.98. The molecule has 1 aromatic heterocycles. The number of carbonyl (C=O) groups excluding carboxylic acids is 1. The Kier molecular flexibility index (Phi) is 6.98. The van der Waals surface area contributed by atoms with Gasteiger partial charge >= 0.3 is 6.03 Å². The van der Waals surface area contributed by atoms with Gasteiger partial charge < -0.3 is 10.2 Å². The van der Waals surface area contributed by atoms with Crippen LogP contribution in [0.5, 0.6) is 0 Å². The van der Waals surface area contributed by atoms with Crippen LogP contribution in [0, 0.1) is 6.92 Å². The number of amides is 2. The fourth-order valence-corrected chi connectivity index (χ4v) is 4.21. The Hall–Kier alpha value is -3.64. The number of nitrogens with zero attached hydrogens (tertiary/aromatic N) is 3. The van der Waals surface area contributed by atoms with Crippen molar-refractivity contribution in [2.75, 3.05) is 5.32 Å². The molecule has 0 fully saturated rings. The number of para-hydroxylation sites is 1. The van der Waals surface area contributed by atoms with Crippen molar-refractivity contribution in [2.45, 2.75) is 39.9 Å². The third-order valence-electron chi connectivity index (χ3n) is 5.95. The Morgan fingerprint density at radius 1 is 1.09 bits per heavy atom. The van der Waals surface area contributed by atoms with E-state index in [4.69, 9.17) is 16.6 Å². The number of anilines is 1. The number of urea groups is 1. The maximum absolute atomic E-state index is 13.6. The third kappa shape index (κ3) is 4.82. The van der Waals surface area contributed by atoms with Crippen molar-refractivity contribution in [2.24, 2.45) is 0 Å². The normalized spacial score (nSPS) is 11.9. The van der Waals surface area contributed by atoms with Gasteiger partial charge in [0.1, 0.15) is 5.82 Å². The molecule has 0 spiro atoms. The monoisotopic (exact) mass is 474 g/mol. The molecule has 0 aliphatic rings. The van der Waals surface area contributed by atoms with Crippen molar-refractivity contribution >= 4 is 34.2 Å². The standard InChI is InChI=1S/C27H27ClN4O2/c1-4-31-25(29-24-15-14-21(28)16-22(24)26(31)33)19(3)32(17-20-11-6-5-7-12-20)27(34)30-23-13-9-8-10-18(23)2/h5-16,19H,4,17H2,1-3H3,(H,30,34). The Morgan fingerprint density at radius 2 is 1.79 bits per heavy atom. The summed E-state index contributed by atoms with van der Waals surface area (Å²) in [6.07, 6.45) is 0. The molecule has 0 saturated heterocycles. The largest absolute Gasteiger partial charge is 0.322 e. The van der Waals surface area contributed by atoms with Gasteiger partial charge in [0.25, 0.3) is 5.56 Å². The van der Waals surface area contributed by atoms with Gasteiger partial charge in [-0.3, -0.25) is 9.36 Å². The van der Waals surface area contributed by atoms with Gasteiger partial charge in [-0.25, -0.2) is 9.78 Å². The molecule has 1 N–H and O–H groups in total. The average molecular weight is 475 g/mol. The Morgan fingerprint density at radius 3 is 2.50 bits per heavy atom. The molecule has 2 amide bonds. The summed E-state index contributed by atoms with van der Waals surface area (Å²) in [5.41, 5.74) is 3.07. The molecular formula is C27H27ClN4O2. The summed E-state index contributed by atoms with van der Waals surface area (Å²) >= 11 is 6.12. The predicted octanol–water partition coefficient (Wildman–Crippen LogP) is 6.17. The van der Waals surface area contributed by atoms with Gasteiger partial charge in [0.15, 0.2) is 0 Å². The first-order chi connectivity index (χ1) is 16.4. The van der Waals surface area contributed by atoms with Crippen molar-refractivity contribution in [3.63, 3.8) is 0 Å². The van der Waals surface area contributed by atoms with Crippen molar-refractivity contribution in [1.29, 1.82) is 0 Å². The lowest BCUT2D eigenvalue weighted by Gasteiger charge is -2.31. The SMILES string of the molecule is CCn1c(C(C)N(Cc2ccccc2)C(=O)Nc2ccccc2C)nc2ccc(Cl)cc2c1=O. The van der Waals surface area contributed by atoms with Crippen LogP contribution in [0.4, 0.5) is 10.5 Å². The molecule has 1 atom stereocenters. The zero-order valence-corrected chi connectivity index (χ0v) is 20.2. The summed E-state index contributed by atoms with van der Waals surface area (Å²) in [5.74, 6) is 0.526. The van der Waals surface area contributed by atoms with Crippen LogP contribution in [-0.4, -0.2) is 20.5 Å². The molecule has 0 aliphatic carbocycles. The number of hydrogen-bond donors (Lipinski definition) is 1. The highest BCUT2D eigenvalue weighted by molar-refractivity contribution is 6.31. The van der Waals surface area contributed by atoms with Gasteiger partial charge in [-0.15, -0.1) is 0 Å². The molecule has 7 heteroatoms. The minimum Gasteiger partial charge on any atom is -0.310 e. The van der Waals surface area contributed by atoms with Gasteiger partial charge in [0.2, 0.25) is 0 Å². The molecule has 0 aliphatic heterocycles. The van der Waals surface area contributed by atoms with E-state index in [9.17, 15) is 9.59 Å². The molecule has 4 rings (SSSR count). The fourth-order valence-electron chi connectivity index (χ4n) is 4.04. The van der Waals surface area contributed by atoms with Gasteiger partial charge in [0, 0.05) is 23.8 Å². The summed E-state index contributed by atoms with van der Waals surface area (Å²) in [7, 11) is 0. The molecule has 4 aromatic rings. The summed E-state index contributed by atoms with van der Waals surface area (Å²) in [4.78, 5) is 33.3. The highest BCUT2D eigenvalue weighted by Crippen LogP contribution is 2.25. The van der Waals surface area contributed by atoms with Crippen LogP contribution in [0.25, 0.3) is 10.9 Å². The van der Waals surface area contributed by atoms with E-state index in [0.29, 0.717) is 34.8 Å². The Balaban J connectivity index is 1.78. The summed E-state index contributed by atoms with van der Waals surface area (Å²) in [6, 6.07) is 21.8. The van der Waals surface area contributed by atoms with Crippen LogP contribution < -0.4 is 10.9 Å². The number of aromatic nitrogens is 2. The number of benzene rings is 3. The first kappa shape index (κ1) is 23.5. The van der Waals surface area contributed by atoms with Crippen LogP contribution in [0.15, 0.2) is 77.6 Å². The molecular weight excluding hydrogens is 448 g/mol. The highest BCUT2D eigenvalue weighted by atomic mass is 35.5. The number of rotatable bonds is 6. The maximum atomic E-state index is 13.6. The highest BCUT2D eigenvalue weighted by Gasteiger charge is 2.26. The zero-order valence-electron chi connectivity index (χ0n) is 19.5. The Labute approximate surface area is 203 Å². The molecule has 3 aromatic carbocycles. The van der Waals surface area contributed by atoms with Gasteiger partial charge in [-0.2, -0.15) is 0 Å². The molecule has 6 nitrogen and oxygen atoms in total.